The predicted octanol–water partition coefficient (Wildman–Crippen LogP) is 6.02. The van der Waals surface area contributed by atoms with E-state index in [1.165, 1.54) is 16.8 Å². The summed E-state index contributed by atoms with van der Waals surface area (Å²) in [6.45, 7) is 7.11. The Hall–Kier alpha value is -3.84. The number of ether oxygens (including phenoxy) is 1. The number of carbonyl (C=O) groups excluding carboxylic acids is 1. The molecule has 0 radical (unpaired) electrons. The second-order valence-electron chi connectivity index (χ2n) is 7.60. The minimum absolute atomic E-state index is 0.289. The van der Waals surface area contributed by atoms with Crippen molar-refractivity contribution in [2.24, 2.45) is 0 Å². The lowest BCUT2D eigenvalue weighted by atomic mass is 9.99. The number of esters is 1. The summed E-state index contributed by atoms with van der Waals surface area (Å²) in [6, 6.07) is 24.0. The third kappa shape index (κ3) is 3.83. The number of nitrogens with zero attached hydrogens (tertiary/aromatic N) is 2. The summed E-state index contributed by atoms with van der Waals surface area (Å²) in [6.07, 6.45) is 0. The van der Waals surface area contributed by atoms with Crippen LogP contribution in [0.1, 0.15) is 39.7 Å². The van der Waals surface area contributed by atoms with Gasteiger partial charge in [0.15, 0.2) is 0 Å². The molecule has 0 saturated heterocycles. The fraction of sp³-hybridized carbons (Fsp3) is 0.185. The smallest absolute Gasteiger partial charge is 0.338 e. The van der Waals surface area contributed by atoms with Gasteiger partial charge in [0.1, 0.15) is 0 Å². The molecule has 4 aromatic rings. The van der Waals surface area contributed by atoms with Crippen LogP contribution in [0.2, 0.25) is 0 Å². The number of hydrogen-bond acceptors (Lipinski definition) is 3. The van der Waals surface area contributed by atoms with Crippen LogP contribution in [0.3, 0.4) is 0 Å². The summed E-state index contributed by atoms with van der Waals surface area (Å²) in [5.74, 6) is -0.289. The zero-order chi connectivity index (χ0) is 22.0. The summed E-state index contributed by atoms with van der Waals surface area (Å²) in [5.41, 5.74) is 7.85. The standard InChI is InChI=1S/C27H24N2O2/c1-4-31-27(30)22-13-14-26-25(15-22)18(2)19(3)29(26)17-20-9-11-21(12-10-20)24-8-6-5-7-23(24)16-28/h5-15H,4,17H2,1-3H3. The van der Waals surface area contributed by atoms with Crippen molar-refractivity contribution in [3.8, 4) is 17.2 Å². The molecule has 1 aromatic heterocycles. The van der Waals surface area contributed by atoms with E-state index in [1.54, 1.807) is 0 Å². The molecular formula is C27H24N2O2. The van der Waals surface area contributed by atoms with Gasteiger partial charge < -0.3 is 9.30 Å². The van der Waals surface area contributed by atoms with Crippen molar-refractivity contribution >= 4 is 16.9 Å². The van der Waals surface area contributed by atoms with Gasteiger partial charge in [-0.05, 0) is 67.3 Å². The number of nitriles is 1. The minimum atomic E-state index is -0.289. The van der Waals surface area contributed by atoms with Crippen LogP contribution in [0.5, 0.6) is 0 Å². The molecule has 0 saturated carbocycles. The summed E-state index contributed by atoms with van der Waals surface area (Å²) in [5, 5.41) is 10.4. The molecular weight excluding hydrogens is 384 g/mol. The molecule has 0 aliphatic heterocycles. The van der Waals surface area contributed by atoms with Crippen LogP contribution in [0, 0.1) is 25.2 Å². The van der Waals surface area contributed by atoms with Crippen molar-refractivity contribution in [3.63, 3.8) is 0 Å². The van der Waals surface area contributed by atoms with Crippen molar-refractivity contribution < 1.29 is 9.53 Å². The Bertz CT molecular complexity index is 1310. The zero-order valence-corrected chi connectivity index (χ0v) is 18.0. The average Bonchev–Trinajstić information content (AvgIpc) is 3.04. The van der Waals surface area contributed by atoms with Crippen molar-refractivity contribution in [1.82, 2.24) is 4.57 Å². The second-order valence-corrected chi connectivity index (χ2v) is 7.60. The summed E-state index contributed by atoms with van der Waals surface area (Å²) in [7, 11) is 0. The van der Waals surface area contributed by atoms with Gasteiger partial charge >= 0.3 is 5.97 Å². The molecule has 4 rings (SSSR count). The Morgan fingerprint density at radius 1 is 1.03 bits per heavy atom. The highest BCUT2D eigenvalue weighted by atomic mass is 16.5. The Morgan fingerprint density at radius 2 is 1.77 bits per heavy atom. The molecule has 0 aliphatic rings. The molecule has 0 bridgehead atoms. The lowest BCUT2D eigenvalue weighted by Gasteiger charge is -2.11. The first-order valence-corrected chi connectivity index (χ1v) is 10.4. The molecule has 3 aromatic carbocycles. The first-order chi connectivity index (χ1) is 15.0. The van der Waals surface area contributed by atoms with E-state index in [4.69, 9.17) is 4.74 Å². The van der Waals surface area contributed by atoms with Gasteiger partial charge in [0.05, 0.1) is 23.8 Å². The van der Waals surface area contributed by atoms with Crippen molar-refractivity contribution in [2.75, 3.05) is 6.61 Å². The summed E-state index contributed by atoms with van der Waals surface area (Å²) >= 11 is 0. The SMILES string of the molecule is CCOC(=O)c1ccc2c(c1)c(C)c(C)n2Cc1ccc(-c2ccccc2C#N)cc1. The van der Waals surface area contributed by atoms with Gasteiger partial charge in [0.25, 0.3) is 0 Å². The maximum atomic E-state index is 12.1. The van der Waals surface area contributed by atoms with Crippen LogP contribution in [-0.2, 0) is 11.3 Å². The van der Waals surface area contributed by atoms with Gasteiger partial charge in [-0.15, -0.1) is 0 Å². The first kappa shape index (κ1) is 20.4. The monoisotopic (exact) mass is 408 g/mol. The zero-order valence-electron chi connectivity index (χ0n) is 18.0. The average molecular weight is 409 g/mol. The molecule has 1 heterocycles. The van der Waals surface area contributed by atoms with Crippen LogP contribution < -0.4 is 0 Å². The number of fused-ring (bicyclic) bond motifs is 1. The Morgan fingerprint density at radius 3 is 2.48 bits per heavy atom. The highest BCUT2D eigenvalue weighted by molar-refractivity contribution is 5.96. The van der Waals surface area contributed by atoms with Gasteiger partial charge in [0.2, 0.25) is 0 Å². The van der Waals surface area contributed by atoms with Crippen molar-refractivity contribution in [3.05, 3.63) is 94.7 Å². The number of benzene rings is 3. The van der Waals surface area contributed by atoms with Gasteiger partial charge in [-0.3, -0.25) is 0 Å². The molecule has 4 nitrogen and oxygen atoms in total. The molecule has 0 N–H and O–H groups in total. The molecule has 0 amide bonds. The maximum Gasteiger partial charge on any atom is 0.338 e. The van der Waals surface area contributed by atoms with E-state index >= 15 is 0 Å². The van der Waals surface area contributed by atoms with Crippen LogP contribution in [0.4, 0.5) is 0 Å². The summed E-state index contributed by atoms with van der Waals surface area (Å²) in [4.78, 5) is 12.1. The highest BCUT2D eigenvalue weighted by Gasteiger charge is 2.15. The van der Waals surface area contributed by atoms with E-state index < -0.39 is 0 Å². The normalized spacial score (nSPS) is 10.8. The van der Waals surface area contributed by atoms with E-state index in [0.717, 1.165) is 28.6 Å². The van der Waals surface area contributed by atoms with E-state index in [2.05, 4.69) is 48.7 Å². The number of aromatic nitrogens is 1. The number of aryl methyl sites for hydroxylation is 1. The molecule has 0 unspecified atom stereocenters. The Balaban J connectivity index is 1.66. The quantitative estimate of drug-likeness (QED) is 0.379. The van der Waals surface area contributed by atoms with Gasteiger partial charge in [-0.25, -0.2) is 4.79 Å². The van der Waals surface area contributed by atoms with E-state index in [1.807, 2.05) is 49.4 Å². The van der Waals surface area contributed by atoms with Gasteiger partial charge in [0, 0.05) is 23.1 Å². The lowest BCUT2D eigenvalue weighted by Crippen LogP contribution is -2.05. The van der Waals surface area contributed by atoms with Crippen LogP contribution in [-0.4, -0.2) is 17.1 Å². The van der Waals surface area contributed by atoms with E-state index in [-0.39, 0.29) is 5.97 Å². The molecule has 154 valence electrons. The molecule has 31 heavy (non-hydrogen) atoms. The Labute approximate surface area is 182 Å². The summed E-state index contributed by atoms with van der Waals surface area (Å²) < 4.78 is 7.42. The number of hydrogen-bond donors (Lipinski definition) is 0. The topological polar surface area (TPSA) is 55.0 Å². The van der Waals surface area contributed by atoms with Crippen LogP contribution in [0.15, 0.2) is 66.7 Å². The van der Waals surface area contributed by atoms with Crippen molar-refractivity contribution in [2.45, 2.75) is 27.3 Å². The van der Waals surface area contributed by atoms with Crippen LogP contribution in [0.25, 0.3) is 22.0 Å². The Kier molecular flexibility index (Phi) is 5.60. The first-order valence-electron chi connectivity index (χ1n) is 10.4. The van der Waals surface area contributed by atoms with Gasteiger partial charge in [-0.2, -0.15) is 5.26 Å². The highest BCUT2D eigenvalue weighted by Crippen LogP contribution is 2.28. The number of rotatable bonds is 5. The van der Waals surface area contributed by atoms with Gasteiger partial charge in [-0.1, -0.05) is 42.5 Å². The molecule has 0 atom stereocenters. The maximum absolute atomic E-state index is 12.1. The largest absolute Gasteiger partial charge is 0.462 e. The molecule has 0 fully saturated rings. The minimum Gasteiger partial charge on any atom is -0.462 e. The fourth-order valence-corrected chi connectivity index (χ4v) is 4.00. The third-order valence-electron chi connectivity index (χ3n) is 5.80. The number of carbonyl (C=O) groups is 1. The van der Waals surface area contributed by atoms with E-state index in [9.17, 15) is 10.1 Å². The van der Waals surface area contributed by atoms with E-state index in [0.29, 0.717) is 17.7 Å². The molecule has 4 heteroatoms. The third-order valence-corrected chi connectivity index (χ3v) is 5.80. The molecule has 0 aliphatic carbocycles. The van der Waals surface area contributed by atoms with Crippen LogP contribution >= 0.6 is 0 Å². The molecule has 0 spiro atoms. The fourth-order valence-electron chi connectivity index (χ4n) is 4.00. The predicted molar refractivity (Wildman–Crippen MR) is 123 cm³/mol. The second kappa shape index (κ2) is 8.49. The van der Waals surface area contributed by atoms with Crippen molar-refractivity contribution in [1.29, 1.82) is 5.26 Å². The lowest BCUT2D eigenvalue weighted by molar-refractivity contribution is 0.0526.